The summed E-state index contributed by atoms with van der Waals surface area (Å²) in [7, 11) is -2.94. The van der Waals surface area contributed by atoms with E-state index in [1.807, 2.05) is 0 Å². The van der Waals surface area contributed by atoms with Crippen molar-refractivity contribution in [1.82, 2.24) is 0 Å². The molecule has 1 N–H and O–H groups in total. The molecule has 1 aromatic rings. The van der Waals surface area contributed by atoms with Crippen LogP contribution in [0.3, 0.4) is 0 Å². The summed E-state index contributed by atoms with van der Waals surface area (Å²) < 4.78 is 21.5. The summed E-state index contributed by atoms with van der Waals surface area (Å²) in [6.07, 6.45) is 1.19. The normalized spacial score (nSPS) is 11.1. The van der Waals surface area contributed by atoms with Crippen molar-refractivity contribution in [3.05, 3.63) is 30.3 Å². The van der Waals surface area contributed by atoms with Crippen molar-refractivity contribution in [1.29, 1.82) is 0 Å². The first kappa shape index (κ1) is 9.06. The lowest BCUT2D eigenvalue weighted by atomic mass is 10.3. The maximum atomic E-state index is 10.7. The van der Waals surface area contributed by atoms with Crippen LogP contribution in [0.5, 0.6) is 0 Å². The zero-order valence-electron chi connectivity index (χ0n) is 6.74. The molecule has 1 radical (unpaired) electrons. The third-order valence-corrected chi connectivity index (χ3v) is 1.93. The first-order valence-corrected chi connectivity index (χ1v) is 5.52. The highest BCUT2D eigenvalue weighted by atomic mass is 32.2. The van der Waals surface area contributed by atoms with Gasteiger partial charge in [-0.25, -0.2) is 8.42 Å². The van der Waals surface area contributed by atoms with Gasteiger partial charge >= 0.3 is 0 Å². The second-order valence-electron chi connectivity index (χ2n) is 2.54. The van der Waals surface area contributed by atoms with Crippen LogP contribution < -0.4 is 5.32 Å². The minimum Gasteiger partial charge on any atom is -0.372 e. The van der Waals surface area contributed by atoms with Gasteiger partial charge in [-0.1, -0.05) is 12.1 Å². The number of sulfone groups is 1. The molecule has 1 aromatic carbocycles. The predicted molar refractivity (Wildman–Crippen MR) is 48.6 cm³/mol. The van der Waals surface area contributed by atoms with E-state index in [0.29, 0.717) is 0 Å². The van der Waals surface area contributed by atoms with E-state index in [4.69, 9.17) is 0 Å². The molecule has 0 atom stereocenters. The fraction of sp³-hybridized carbons (Fsp3) is 0.250. The Morgan fingerprint density at radius 2 is 2.00 bits per heavy atom. The monoisotopic (exact) mass is 184 g/mol. The van der Waals surface area contributed by atoms with E-state index >= 15 is 0 Å². The van der Waals surface area contributed by atoms with Crippen LogP contribution in [0.2, 0.25) is 0 Å². The van der Waals surface area contributed by atoms with Crippen LogP contribution >= 0.6 is 0 Å². The quantitative estimate of drug-likeness (QED) is 0.759. The number of hydrogen-bond acceptors (Lipinski definition) is 3. The first-order valence-electron chi connectivity index (χ1n) is 3.46. The van der Waals surface area contributed by atoms with Crippen LogP contribution in [0, 0.1) is 6.07 Å². The van der Waals surface area contributed by atoms with E-state index in [0.717, 1.165) is 5.69 Å². The Kier molecular flexibility index (Phi) is 2.70. The average molecular weight is 184 g/mol. The zero-order chi connectivity index (χ0) is 9.03. The Hall–Kier alpha value is -1.03. The molecule has 0 aromatic heterocycles. The topological polar surface area (TPSA) is 46.2 Å². The molecule has 0 aliphatic carbocycles. The molecule has 12 heavy (non-hydrogen) atoms. The zero-order valence-corrected chi connectivity index (χ0v) is 7.56. The van der Waals surface area contributed by atoms with Gasteiger partial charge in [0.15, 0.2) is 9.84 Å². The highest BCUT2D eigenvalue weighted by Gasteiger charge is 1.99. The van der Waals surface area contributed by atoms with Gasteiger partial charge in [0.1, 0.15) is 5.88 Å². The van der Waals surface area contributed by atoms with E-state index < -0.39 is 9.84 Å². The second kappa shape index (κ2) is 3.58. The van der Waals surface area contributed by atoms with Crippen molar-refractivity contribution in [2.24, 2.45) is 0 Å². The Bertz CT molecular complexity index is 331. The summed E-state index contributed by atoms with van der Waals surface area (Å²) in [5.74, 6) is -0.0307. The summed E-state index contributed by atoms with van der Waals surface area (Å²) >= 11 is 0. The van der Waals surface area contributed by atoms with Gasteiger partial charge in [0.25, 0.3) is 0 Å². The van der Waals surface area contributed by atoms with Crippen LogP contribution in [0.25, 0.3) is 0 Å². The van der Waals surface area contributed by atoms with Gasteiger partial charge < -0.3 is 5.32 Å². The molecule has 0 aliphatic rings. The summed E-state index contributed by atoms with van der Waals surface area (Å²) in [4.78, 5) is 0. The Balaban J connectivity index is 2.56. The largest absolute Gasteiger partial charge is 0.372 e. The van der Waals surface area contributed by atoms with E-state index in [1.165, 1.54) is 6.26 Å². The van der Waals surface area contributed by atoms with E-state index in [9.17, 15) is 8.42 Å². The first-order chi connectivity index (χ1) is 5.58. The summed E-state index contributed by atoms with van der Waals surface area (Å²) in [6, 6.07) is 9.83. The molecule has 65 valence electrons. The smallest absolute Gasteiger partial charge is 0.165 e. The van der Waals surface area contributed by atoms with Gasteiger partial charge in [-0.05, 0) is 18.2 Å². The molecule has 0 bridgehead atoms. The van der Waals surface area contributed by atoms with Crippen molar-refractivity contribution >= 4 is 15.5 Å². The molecule has 0 saturated carbocycles. The lowest BCUT2D eigenvalue weighted by molar-refractivity contribution is 0.603. The number of anilines is 1. The van der Waals surface area contributed by atoms with Crippen LogP contribution in [0.1, 0.15) is 0 Å². The lowest BCUT2D eigenvalue weighted by Crippen LogP contribution is -2.12. The van der Waals surface area contributed by atoms with E-state index in [1.54, 1.807) is 24.3 Å². The second-order valence-corrected chi connectivity index (χ2v) is 4.68. The third kappa shape index (κ3) is 3.39. The van der Waals surface area contributed by atoms with E-state index in [-0.39, 0.29) is 5.88 Å². The SMILES string of the molecule is CS(=O)(=O)CNc1cc[c]cc1. The Morgan fingerprint density at radius 1 is 1.42 bits per heavy atom. The maximum Gasteiger partial charge on any atom is 0.165 e. The van der Waals surface area contributed by atoms with Crippen LogP contribution in [0.4, 0.5) is 5.69 Å². The molecular formula is C8H10NO2S. The molecule has 0 heterocycles. The van der Waals surface area contributed by atoms with Crippen molar-refractivity contribution in [3.8, 4) is 0 Å². The minimum atomic E-state index is -2.94. The number of hydrogen-bond donors (Lipinski definition) is 1. The summed E-state index contributed by atoms with van der Waals surface area (Å²) in [5, 5.41) is 2.78. The fourth-order valence-corrected chi connectivity index (χ4v) is 1.15. The van der Waals surface area contributed by atoms with Gasteiger partial charge in [-0.15, -0.1) is 0 Å². The lowest BCUT2D eigenvalue weighted by Gasteiger charge is -2.02. The number of benzene rings is 1. The molecule has 3 nitrogen and oxygen atoms in total. The molecule has 0 saturated heterocycles. The molecule has 0 unspecified atom stereocenters. The van der Waals surface area contributed by atoms with Crippen LogP contribution in [-0.2, 0) is 9.84 Å². The Labute approximate surface area is 72.3 Å². The van der Waals surface area contributed by atoms with Gasteiger partial charge in [0, 0.05) is 11.9 Å². The number of nitrogens with one attached hydrogen (secondary N) is 1. The molecule has 4 heteroatoms. The van der Waals surface area contributed by atoms with Gasteiger partial charge in [-0.2, -0.15) is 0 Å². The molecule has 1 rings (SSSR count). The van der Waals surface area contributed by atoms with Gasteiger partial charge in [0.2, 0.25) is 0 Å². The van der Waals surface area contributed by atoms with Crippen LogP contribution in [-0.4, -0.2) is 20.6 Å². The molecule has 0 fully saturated rings. The summed E-state index contributed by atoms with van der Waals surface area (Å²) in [5.41, 5.74) is 0.791. The minimum absolute atomic E-state index is 0.0307. The maximum absolute atomic E-state index is 10.7. The van der Waals surface area contributed by atoms with Crippen molar-refractivity contribution < 1.29 is 8.42 Å². The molecule has 0 spiro atoms. The van der Waals surface area contributed by atoms with Crippen molar-refractivity contribution in [2.45, 2.75) is 0 Å². The van der Waals surface area contributed by atoms with Crippen molar-refractivity contribution in [3.63, 3.8) is 0 Å². The third-order valence-electron chi connectivity index (χ3n) is 1.26. The number of rotatable bonds is 3. The highest BCUT2D eigenvalue weighted by molar-refractivity contribution is 7.90. The molecular weight excluding hydrogens is 174 g/mol. The fourth-order valence-electron chi connectivity index (χ4n) is 0.719. The Morgan fingerprint density at radius 3 is 2.50 bits per heavy atom. The van der Waals surface area contributed by atoms with Gasteiger partial charge in [-0.3, -0.25) is 0 Å². The predicted octanol–water partition coefficient (Wildman–Crippen LogP) is 0.901. The van der Waals surface area contributed by atoms with Gasteiger partial charge in [0.05, 0.1) is 0 Å². The van der Waals surface area contributed by atoms with Crippen molar-refractivity contribution in [2.75, 3.05) is 17.4 Å². The highest BCUT2D eigenvalue weighted by Crippen LogP contribution is 2.04. The summed E-state index contributed by atoms with van der Waals surface area (Å²) in [6.45, 7) is 0. The molecule has 0 aliphatic heterocycles. The standard InChI is InChI=1S/C8H10NO2S/c1-12(10,11)7-9-8-5-3-2-4-6-8/h3-6,9H,7H2,1H3. The molecule has 0 amide bonds. The average Bonchev–Trinajstić information content (AvgIpc) is 2.02. The van der Waals surface area contributed by atoms with Crippen LogP contribution in [0.15, 0.2) is 24.3 Å². The van der Waals surface area contributed by atoms with E-state index in [2.05, 4.69) is 11.4 Å².